The highest BCUT2D eigenvalue weighted by Gasteiger charge is 2.56. The third-order valence-corrected chi connectivity index (χ3v) is 8.38. The Hall–Kier alpha value is -3.49. The van der Waals surface area contributed by atoms with Gasteiger partial charge in [-0.15, -0.1) is 0 Å². The number of ether oxygens (including phenoxy) is 2. The van der Waals surface area contributed by atoms with Crippen LogP contribution >= 0.6 is 7.75 Å². The molecule has 2 fully saturated rings. The third-order valence-electron chi connectivity index (χ3n) is 6.86. The molecule has 1 aromatic carbocycles. The lowest BCUT2D eigenvalue weighted by Gasteiger charge is -2.31. The summed E-state index contributed by atoms with van der Waals surface area (Å²) in [6.07, 6.45) is -1.40. The van der Waals surface area contributed by atoms with Crippen molar-refractivity contribution in [2.75, 3.05) is 13.2 Å². The van der Waals surface area contributed by atoms with Crippen molar-refractivity contribution in [1.82, 2.24) is 14.6 Å². The summed E-state index contributed by atoms with van der Waals surface area (Å²) < 4.78 is 37.2. The number of nitrogens with zero attached hydrogens (tertiary/aromatic N) is 4. The Bertz CT molecular complexity index is 1420. The second-order valence-corrected chi connectivity index (χ2v) is 11.3. The Morgan fingerprint density at radius 2 is 2.00 bits per heavy atom. The smallest absolute Gasteiger partial charge is 0.459 e. The predicted octanol–water partition coefficient (Wildman–Crippen LogP) is 1.71. The van der Waals surface area contributed by atoms with E-state index in [1.807, 2.05) is 4.98 Å². The lowest BCUT2D eigenvalue weighted by molar-refractivity contribution is -0.146. The minimum absolute atomic E-state index is 0.0812. The largest absolute Gasteiger partial charge is 0.465 e. The number of nitrogens with one attached hydrogen (secondary N) is 2. The Morgan fingerprint density at radius 3 is 2.63 bits per heavy atom. The average Bonchev–Trinajstić information content (AvgIpc) is 3.56. The van der Waals surface area contributed by atoms with Crippen molar-refractivity contribution < 1.29 is 38.1 Å². The highest BCUT2D eigenvalue weighted by atomic mass is 31.2. The molecule has 0 amide bonds. The van der Waals surface area contributed by atoms with E-state index >= 15 is 0 Å². The van der Waals surface area contributed by atoms with Gasteiger partial charge in [-0.3, -0.25) is 23.7 Å². The van der Waals surface area contributed by atoms with Gasteiger partial charge in [-0.25, -0.2) is 9.36 Å². The number of esters is 1. The Labute approximate surface area is 233 Å². The number of hydrogen-bond acceptors (Lipinski definition) is 11. The molecular weight excluding hydrogens is 563 g/mol. The standard InChI is InChI=1S/C24H31N6O10P/c1-2-37-22(34)18(15-8-6-7-9-15)27-41(36,40-16-10-4-3-5-11-16)38-14-24(28-29-25)20(33)19(32)21(39-24)30-13-12-17(31)26-23(30)35/h3-5,10-13,15,18-21,32-33H,2,6-9,14H2,1H3,(H,27,36)(H,26,31,35)/t18-,19-,20+,21+,24?,41?/m0/s1. The lowest BCUT2D eigenvalue weighted by Crippen LogP contribution is -2.47. The normalized spacial score (nSPS) is 26.6. The molecule has 0 bridgehead atoms. The first-order valence-electron chi connectivity index (χ1n) is 13.0. The number of aromatic nitrogens is 2. The van der Waals surface area contributed by atoms with E-state index in [1.165, 1.54) is 12.1 Å². The number of carbonyl (C=O) groups excluding carboxylic acids is 1. The highest BCUT2D eigenvalue weighted by molar-refractivity contribution is 7.52. The fraction of sp³-hybridized carbons (Fsp3) is 0.542. The van der Waals surface area contributed by atoms with Gasteiger partial charge in [-0.05, 0) is 43.3 Å². The molecule has 0 spiro atoms. The van der Waals surface area contributed by atoms with Crippen molar-refractivity contribution in [2.45, 2.75) is 62.8 Å². The second kappa shape index (κ2) is 13.0. The van der Waals surface area contributed by atoms with Crippen LogP contribution in [0.1, 0.15) is 38.8 Å². The predicted molar refractivity (Wildman–Crippen MR) is 141 cm³/mol. The summed E-state index contributed by atoms with van der Waals surface area (Å²) in [7, 11) is -4.52. The molecule has 1 saturated heterocycles. The van der Waals surface area contributed by atoms with Crippen molar-refractivity contribution in [3.63, 3.8) is 0 Å². The van der Waals surface area contributed by atoms with E-state index in [2.05, 4.69) is 15.1 Å². The first kappa shape index (κ1) is 30.5. The summed E-state index contributed by atoms with van der Waals surface area (Å²) in [5, 5.41) is 27.8. The van der Waals surface area contributed by atoms with Crippen molar-refractivity contribution in [2.24, 2.45) is 11.0 Å². The number of aromatic amines is 1. The summed E-state index contributed by atoms with van der Waals surface area (Å²) in [5.74, 6) is -0.779. The zero-order valence-corrected chi connectivity index (χ0v) is 23.0. The summed E-state index contributed by atoms with van der Waals surface area (Å²) in [6.45, 7) is 0.775. The summed E-state index contributed by atoms with van der Waals surface area (Å²) in [6, 6.07) is 7.85. The molecule has 2 aliphatic rings. The number of benzene rings is 1. The van der Waals surface area contributed by atoms with Gasteiger partial charge in [0.15, 0.2) is 6.23 Å². The van der Waals surface area contributed by atoms with E-state index in [0.29, 0.717) is 12.8 Å². The van der Waals surface area contributed by atoms with E-state index < -0.39 is 61.8 Å². The number of H-pyrrole nitrogens is 1. The van der Waals surface area contributed by atoms with Gasteiger partial charge >= 0.3 is 19.4 Å². The molecule has 2 heterocycles. The van der Waals surface area contributed by atoms with Crippen LogP contribution in [0.2, 0.25) is 0 Å². The van der Waals surface area contributed by atoms with Gasteiger partial charge in [0.25, 0.3) is 5.56 Å². The van der Waals surface area contributed by atoms with E-state index in [-0.39, 0.29) is 18.3 Å². The Morgan fingerprint density at radius 1 is 1.29 bits per heavy atom. The van der Waals surface area contributed by atoms with E-state index in [4.69, 9.17) is 18.5 Å². The summed E-state index contributed by atoms with van der Waals surface area (Å²) >= 11 is 0. The van der Waals surface area contributed by atoms with Gasteiger partial charge in [0.2, 0.25) is 5.72 Å². The maximum Gasteiger partial charge on any atom is 0.459 e. The molecule has 1 aliphatic heterocycles. The van der Waals surface area contributed by atoms with Crippen LogP contribution in [0.15, 0.2) is 57.3 Å². The topological polar surface area (TPSA) is 227 Å². The molecular formula is C24H31N6O10P. The molecule has 6 atom stereocenters. The summed E-state index contributed by atoms with van der Waals surface area (Å²) in [5.41, 5.74) is 5.17. The van der Waals surface area contributed by atoms with Crippen LogP contribution in [0.5, 0.6) is 5.75 Å². The first-order valence-corrected chi connectivity index (χ1v) is 14.5. The Balaban J connectivity index is 1.65. The quantitative estimate of drug-likeness (QED) is 0.0909. The minimum atomic E-state index is -4.52. The molecule has 17 heteroatoms. The molecule has 1 saturated carbocycles. The van der Waals surface area contributed by atoms with Crippen LogP contribution in [0.25, 0.3) is 10.4 Å². The van der Waals surface area contributed by atoms with Gasteiger partial charge in [-0.1, -0.05) is 36.2 Å². The van der Waals surface area contributed by atoms with Gasteiger partial charge in [0.1, 0.15) is 24.0 Å². The van der Waals surface area contributed by atoms with E-state index in [0.717, 1.165) is 29.7 Å². The molecule has 16 nitrogen and oxygen atoms in total. The molecule has 4 N–H and O–H groups in total. The SMILES string of the molecule is CCOC(=O)[C@@H](NP(=O)(OCC1(N=[N+]=[N-])O[C@@H](n2ccc(=O)[nH]c2=O)[C@@H](O)[C@H]1O)Oc1ccccc1)C1CCCC1. The van der Waals surface area contributed by atoms with Crippen molar-refractivity contribution in [3.05, 3.63) is 73.9 Å². The average molecular weight is 595 g/mol. The Kier molecular flexibility index (Phi) is 9.66. The van der Waals surface area contributed by atoms with Crippen molar-refractivity contribution in [1.29, 1.82) is 0 Å². The van der Waals surface area contributed by atoms with E-state index in [9.17, 15) is 34.7 Å². The van der Waals surface area contributed by atoms with Gasteiger partial charge in [0.05, 0.1) is 13.2 Å². The van der Waals surface area contributed by atoms with Gasteiger partial charge in [0, 0.05) is 17.2 Å². The van der Waals surface area contributed by atoms with Crippen LogP contribution in [0.4, 0.5) is 0 Å². The van der Waals surface area contributed by atoms with Crippen molar-refractivity contribution >= 4 is 13.7 Å². The summed E-state index contributed by atoms with van der Waals surface area (Å²) in [4.78, 5) is 41.4. The number of carbonyl (C=O) groups is 1. The third kappa shape index (κ3) is 6.88. The van der Waals surface area contributed by atoms with Gasteiger partial charge in [-0.2, -0.15) is 5.09 Å². The molecule has 2 unspecified atom stereocenters. The maximum absolute atomic E-state index is 14.2. The fourth-order valence-electron chi connectivity index (χ4n) is 4.86. The van der Waals surface area contributed by atoms with Crippen LogP contribution in [-0.4, -0.2) is 62.9 Å². The monoisotopic (exact) mass is 594 g/mol. The number of azide groups is 1. The van der Waals surface area contributed by atoms with Crippen LogP contribution in [0.3, 0.4) is 0 Å². The number of rotatable bonds is 12. The molecule has 0 radical (unpaired) electrons. The van der Waals surface area contributed by atoms with Crippen molar-refractivity contribution in [3.8, 4) is 5.75 Å². The van der Waals surface area contributed by atoms with E-state index in [1.54, 1.807) is 25.1 Å². The number of aliphatic hydroxyl groups is 2. The zero-order valence-electron chi connectivity index (χ0n) is 22.1. The van der Waals surface area contributed by atoms with Gasteiger partial charge < -0.3 is 24.2 Å². The number of hydrogen-bond donors (Lipinski definition) is 4. The zero-order chi connectivity index (χ0) is 29.6. The second-order valence-electron chi connectivity index (χ2n) is 9.57. The lowest BCUT2D eigenvalue weighted by atomic mass is 9.99. The first-order chi connectivity index (χ1) is 19.6. The number of para-hydroxylation sites is 1. The molecule has 41 heavy (non-hydrogen) atoms. The molecule has 1 aliphatic carbocycles. The molecule has 1 aromatic heterocycles. The number of aliphatic hydroxyl groups excluding tert-OH is 2. The molecule has 4 rings (SSSR count). The molecule has 2 aromatic rings. The highest BCUT2D eigenvalue weighted by Crippen LogP contribution is 2.49. The van der Waals surface area contributed by atoms with Crippen LogP contribution in [0, 0.1) is 5.92 Å². The molecule has 222 valence electrons. The van der Waals surface area contributed by atoms with Crippen LogP contribution < -0.4 is 20.9 Å². The maximum atomic E-state index is 14.2. The minimum Gasteiger partial charge on any atom is -0.465 e. The van der Waals surface area contributed by atoms with Crippen LogP contribution in [-0.2, 0) is 23.4 Å². The fourth-order valence-corrected chi connectivity index (χ4v) is 6.45.